The Kier molecular flexibility index (Phi) is 3.29. The molecular formula is C11H15NO4S. The molecule has 0 unspecified atom stereocenters. The van der Waals surface area contributed by atoms with Crippen LogP contribution in [0.1, 0.15) is 26.3 Å². The molecule has 0 saturated carbocycles. The Bertz CT molecular complexity index is 555. The van der Waals surface area contributed by atoms with Gasteiger partial charge in [-0.2, -0.15) is 0 Å². The largest absolute Gasteiger partial charge is 0.287 e. The van der Waals surface area contributed by atoms with E-state index in [0.29, 0.717) is 0 Å². The third-order valence-corrected chi connectivity index (χ3v) is 3.55. The lowest BCUT2D eigenvalue weighted by molar-refractivity contribution is -0.387. The second-order valence-electron chi connectivity index (χ2n) is 4.96. The summed E-state index contributed by atoms with van der Waals surface area (Å²) in [5.74, 6) is 0. The van der Waals surface area contributed by atoms with Crippen molar-refractivity contribution >= 4 is 15.5 Å². The summed E-state index contributed by atoms with van der Waals surface area (Å²) in [4.78, 5) is 9.87. The number of rotatable bonds is 2. The van der Waals surface area contributed by atoms with Gasteiger partial charge >= 0.3 is 0 Å². The van der Waals surface area contributed by atoms with Crippen LogP contribution in [0.3, 0.4) is 0 Å². The van der Waals surface area contributed by atoms with Gasteiger partial charge in [0.2, 0.25) is 0 Å². The summed E-state index contributed by atoms with van der Waals surface area (Å²) in [6.45, 7) is 5.75. The summed E-state index contributed by atoms with van der Waals surface area (Å²) < 4.78 is 23.1. The standard InChI is InChI=1S/C11H15NO4S/c1-11(2,3)8-5-6-9(12(13)14)10(7-8)17(4,15)16/h5-7H,1-4H3. The molecule has 0 N–H and O–H groups in total. The third-order valence-electron chi connectivity index (χ3n) is 2.42. The average Bonchev–Trinajstić information content (AvgIpc) is 2.14. The first kappa shape index (κ1) is 13.6. The van der Waals surface area contributed by atoms with Crippen molar-refractivity contribution in [3.8, 4) is 0 Å². The van der Waals surface area contributed by atoms with Gasteiger partial charge in [0.05, 0.1) is 4.92 Å². The van der Waals surface area contributed by atoms with Crippen LogP contribution >= 0.6 is 0 Å². The van der Waals surface area contributed by atoms with E-state index >= 15 is 0 Å². The molecule has 0 aliphatic carbocycles. The molecule has 0 aliphatic rings. The molecule has 0 spiro atoms. The molecule has 1 aromatic carbocycles. The summed E-state index contributed by atoms with van der Waals surface area (Å²) in [5.41, 5.74) is 0.123. The van der Waals surface area contributed by atoms with Gasteiger partial charge in [-0.25, -0.2) is 8.42 Å². The first-order chi connectivity index (χ1) is 7.53. The molecule has 0 radical (unpaired) electrons. The van der Waals surface area contributed by atoms with Crippen molar-refractivity contribution < 1.29 is 13.3 Å². The van der Waals surface area contributed by atoms with E-state index < -0.39 is 14.8 Å². The van der Waals surface area contributed by atoms with Gasteiger partial charge in [-0.05, 0) is 17.0 Å². The lowest BCUT2D eigenvalue weighted by Crippen LogP contribution is -2.13. The maximum absolute atomic E-state index is 11.5. The molecular weight excluding hydrogens is 242 g/mol. The molecule has 1 rings (SSSR count). The number of benzene rings is 1. The molecule has 0 aliphatic heterocycles. The van der Waals surface area contributed by atoms with Crippen LogP contribution in [0.25, 0.3) is 0 Å². The Morgan fingerprint density at radius 3 is 2.12 bits per heavy atom. The van der Waals surface area contributed by atoms with E-state index in [1.54, 1.807) is 6.07 Å². The number of sulfone groups is 1. The van der Waals surface area contributed by atoms with Gasteiger partial charge in [0.15, 0.2) is 9.84 Å². The average molecular weight is 257 g/mol. The smallest absolute Gasteiger partial charge is 0.258 e. The van der Waals surface area contributed by atoms with E-state index in [4.69, 9.17) is 0 Å². The molecule has 0 bridgehead atoms. The molecule has 6 heteroatoms. The van der Waals surface area contributed by atoms with E-state index in [-0.39, 0.29) is 16.0 Å². The highest BCUT2D eigenvalue weighted by molar-refractivity contribution is 7.90. The molecule has 0 heterocycles. The molecule has 0 amide bonds. The van der Waals surface area contributed by atoms with Crippen LogP contribution in [-0.2, 0) is 15.3 Å². The van der Waals surface area contributed by atoms with Gasteiger partial charge in [0.1, 0.15) is 4.90 Å². The molecule has 5 nitrogen and oxygen atoms in total. The molecule has 0 aromatic heterocycles. The number of nitro groups is 1. The Morgan fingerprint density at radius 1 is 1.24 bits per heavy atom. The van der Waals surface area contributed by atoms with Crippen LogP contribution in [0.2, 0.25) is 0 Å². The van der Waals surface area contributed by atoms with E-state index in [1.165, 1.54) is 12.1 Å². The minimum absolute atomic E-state index is 0.227. The maximum Gasteiger partial charge on any atom is 0.287 e. The predicted octanol–water partition coefficient (Wildman–Crippen LogP) is 2.30. The van der Waals surface area contributed by atoms with Gasteiger partial charge in [-0.1, -0.05) is 26.8 Å². The van der Waals surface area contributed by atoms with E-state index in [2.05, 4.69) is 0 Å². The first-order valence-electron chi connectivity index (χ1n) is 5.02. The highest BCUT2D eigenvalue weighted by atomic mass is 32.2. The SMILES string of the molecule is CC(C)(C)c1ccc([N+](=O)[O-])c(S(C)(=O)=O)c1. The number of nitro benzene ring substituents is 1. The fourth-order valence-electron chi connectivity index (χ4n) is 1.43. The van der Waals surface area contributed by atoms with Crippen LogP contribution in [0, 0.1) is 10.1 Å². The number of hydrogen-bond acceptors (Lipinski definition) is 4. The Morgan fingerprint density at radius 2 is 1.76 bits per heavy atom. The fourth-order valence-corrected chi connectivity index (χ4v) is 2.29. The quantitative estimate of drug-likeness (QED) is 0.601. The zero-order chi connectivity index (χ0) is 13.4. The van der Waals surface area contributed by atoms with Crippen molar-refractivity contribution in [1.29, 1.82) is 0 Å². The van der Waals surface area contributed by atoms with Crippen LogP contribution in [0.4, 0.5) is 5.69 Å². The Balaban J connectivity index is 3.57. The zero-order valence-electron chi connectivity index (χ0n) is 10.2. The van der Waals surface area contributed by atoms with Gasteiger partial charge in [-0.3, -0.25) is 10.1 Å². The van der Waals surface area contributed by atoms with Crippen LogP contribution in [-0.4, -0.2) is 19.6 Å². The summed E-state index contributed by atoms with van der Waals surface area (Å²) >= 11 is 0. The molecule has 0 atom stereocenters. The lowest BCUT2D eigenvalue weighted by Gasteiger charge is -2.19. The third kappa shape index (κ3) is 3.03. The van der Waals surface area contributed by atoms with E-state index in [9.17, 15) is 18.5 Å². The second-order valence-corrected chi connectivity index (χ2v) is 6.95. The van der Waals surface area contributed by atoms with Crippen LogP contribution < -0.4 is 0 Å². The van der Waals surface area contributed by atoms with E-state index in [0.717, 1.165) is 11.8 Å². The van der Waals surface area contributed by atoms with Crippen molar-refractivity contribution in [2.24, 2.45) is 0 Å². The van der Waals surface area contributed by atoms with Crippen molar-refractivity contribution in [2.45, 2.75) is 31.1 Å². The van der Waals surface area contributed by atoms with Crippen molar-refractivity contribution in [2.75, 3.05) is 6.26 Å². The second kappa shape index (κ2) is 4.10. The van der Waals surface area contributed by atoms with Gasteiger partial charge in [0.25, 0.3) is 5.69 Å². The van der Waals surface area contributed by atoms with Gasteiger partial charge in [0, 0.05) is 12.3 Å². The minimum atomic E-state index is -3.60. The molecule has 0 saturated heterocycles. The van der Waals surface area contributed by atoms with Crippen LogP contribution in [0.15, 0.2) is 23.1 Å². The molecule has 1 aromatic rings. The fraction of sp³-hybridized carbons (Fsp3) is 0.455. The monoisotopic (exact) mass is 257 g/mol. The Labute approximate surface area is 101 Å². The van der Waals surface area contributed by atoms with Gasteiger partial charge < -0.3 is 0 Å². The van der Waals surface area contributed by atoms with Gasteiger partial charge in [-0.15, -0.1) is 0 Å². The van der Waals surface area contributed by atoms with Crippen molar-refractivity contribution in [1.82, 2.24) is 0 Å². The highest BCUT2D eigenvalue weighted by Gasteiger charge is 2.25. The number of hydrogen-bond donors (Lipinski definition) is 0. The maximum atomic E-state index is 11.5. The highest BCUT2D eigenvalue weighted by Crippen LogP contribution is 2.30. The summed E-state index contributed by atoms with van der Waals surface area (Å²) in [6, 6.07) is 4.22. The first-order valence-corrected chi connectivity index (χ1v) is 6.91. The van der Waals surface area contributed by atoms with Crippen molar-refractivity contribution in [3.05, 3.63) is 33.9 Å². The predicted molar refractivity (Wildman–Crippen MR) is 64.9 cm³/mol. The zero-order valence-corrected chi connectivity index (χ0v) is 11.0. The van der Waals surface area contributed by atoms with E-state index in [1.807, 2.05) is 20.8 Å². The summed E-state index contributed by atoms with van der Waals surface area (Å²) in [5, 5.41) is 10.8. The van der Waals surface area contributed by atoms with Crippen molar-refractivity contribution in [3.63, 3.8) is 0 Å². The molecule has 17 heavy (non-hydrogen) atoms. The normalized spacial score (nSPS) is 12.5. The Hall–Kier alpha value is -1.43. The minimum Gasteiger partial charge on any atom is -0.258 e. The number of nitrogens with zero attached hydrogens (tertiary/aromatic N) is 1. The van der Waals surface area contributed by atoms with Crippen LogP contribution in [0.5, 0.6) is 0 Å². The summed E-state index contributed by atoms with van der Waals surface area (Å²) in [7, 11) is -3.60. The topological polar surface area (TPSA) is 77.3 Å². The molecule has 0 fully saturated rings. The molecule has 94 valence electrons. The summed E-state index contributed by atoms with van der Waals surface area (Å²) in [6.07, 6.45) is 0.974. The lowest BCUT2D eigenvalue weighted by atomic mass is 9.87.